The quantitative estimate of drug-likeness (QED) is 0.780. The molecule has 1 atom stereocenters. The molecule has 0 bridgehead atoms. The lowest BCUT2D eigenvalue weighted by Crippen LogP contribution is -2.31. The van der Waals surface area contributed by atoms with Crippen LogP contribution in [-0.2, 0) is 16.4 Å². The molecule has 0 saturated carbocycles. The van der Waals surface area contributed by atoms with E-state index in [9.17, 15) is 8.42 Å². The number of rotatable bonds is 6. The first-order valence-electron chi connectivity index (χ1n) is 7.56. The molecule has 0 aliphatic carbocycles. The zero-order valence-electron chi connectivity index (χ0n) is 12.8. The maximum Gasteiger partial charge on any atom is 0.240 e. The fourth-order valence-corrected chi connectivity index (χ4v) is 3.89. The van der Waals surface area contributed by atoms with Crippen LogP contribution in [0.25, 0.3) is 0 Å². The molecule has 1 fully saturated rings. The largest absolute Gasteiger partial charge is 0.398 e. The molecule has 1 saturated heterocycles. The summed E-state index contributed by atoms with van der Waals surface area (Å²) in [4.78, 5) is 2.59. The van der Waals surface area contributed by atoms with Crippen molar-refractivity contribution in [3.05, 3.63) is 23.8 Å². The number of aryl methyl sites for hydroxylation is 1. The second-order valence-corrected chi connectivity index (χ2v) is 7.38. The molecule has 118 valence electrons. The number of nitrogens with one attached hydrogen (secondary N) is 1. The molecule has 6 heteroatoms. The van der Waals surface area contributed by atoms with Crippen LogP contribution in [0, 0.1) is 5.92 Å². The Kier molecular flexibility index (Phi) is 5.24. The maximum atomic E-state index is 12.3. The molecule has 1 aromatic carbocycles. The van der Waals surface area contributed by atoms with Gasteiger partial charge in [0, 0.05) is 18.8 Å². The van der Waals surface area contributed by atoms with Crippen LogP contribution in [0.15, 0.2) is 23.1 Å². The molecule has 0 spiro atoms. The number of likely N-dealkylation sites (tertiary alicyclic amines) is 1. The zero-order valence-corrected chi connectivity index (χ0v) is 13.6. The zero-order chi connectivity index (χ0) is 15.5. The number of sulfonamides is 1. The van der Waals surface area contributed by atoms with Crippen LogP contribution in [0.2, 0.25) is 0 Å². The molecule has 5 nitrogen and oxygen atoms in total. The lowest BCUT2D eigenvalue weighted by atomic mass is 10.1. The molecule has 1 aliphatic heterocycles. The second kappa shape index (κ2) is 6.77. The fraction of sp³-hybridized carbons (Fsp3) is 0.600. The van der Waals surface area contributed by atoms with Gasteiger partial charge in [0.05, 0.1) is 4.90 Å². The van der Waals surface area contributed by atoms with Gasteiger partial charge in [-0.3, -0.25) is 0 Å². The van der Waals surface area contributed by atoms with E-state index in [1.807, 2.05) is 6.92 Å². The minimum absolute atomic E-state index is 0.252. The van der Waals surface area contributed by atoms with E-state index < -0.39 is 10.0 Å². The minimum atomic E-state index is -3.47. The van der Waals surface area contributed by atoms with Gasteiger partial charge in [-0.2, -0.15) is 0 Å². The maximum absolute atomic E-state index is 12.3. The van der Waals surface area contributed by atoms with Gasteiger partial charge >= 0.3 is 0 Å². The molecule has 1 aliphatic rings. The molecular formula is C15H25N3O2S. The first kappa shape index (κ1) is 16.3. The first-order chi connectivity index (χ1) is 9.96. The monoisotopic (exact) mass is 311 g/mol. The van der Waals surface area contributed by atoms with Crippen LogP contribution in [0.3, 0.4) is 0 Å². The molecule has 2 rings (SSSR count). The highest BCUT2D eigenvalue weighted by Gasteiger charge is 2.23. The van der Waals surface area contributed by atoms with E-state index in [0.717, 1.165) is 38.0 Å². The van der Waals surface area contributed by atoms with Crippen molar-refractivity contribution in [2.75, 3.05) is 31.9 Å². The Labute approximate surface area is 127 Å². The molecule has 3 N–H and O–H groups in total. The molecule has 21 heavy (non-hydrogen) atoms. The van der Waals surface area contributed by atoms with Crippen molar-refractivity contribution in [3.63, 3.8) is 0 Å². The van der Waals surface area contributed by atoms with Gasteiger partial charge in [-0.05, 0) is 49.5 Å². The van der Waals surface area contributed by atoms with Gasteiger partial charge in [-0.25, -0.2) is 13.1 Å². The summed E-state index contributed by atoms with van der Waals surface area (Å²) in [5.74, 6) is 0.395. The van der Waals surface area contributed by atoms with E-state index in [4.69, 9.17) is 5.73 Å². The minimum Gasteiger partial charge on any atom is -0.398 e. The van der Waals surface area contributed by atoms with E-state index in [1.54, 1.807) is 18.2 Å². The lowest BCUT2D eigenvalue weighted by Gasteiger charge is -2.14. The van der Waals surface area contributed by atoms with Crippen LogP contribution in [0.4, 0.5) is 5.69 Å². The summed E-state index contributed by atoms with van der Waals surface area (Å²) < 4.78 is 27.3. The van der Waals surface area contributed by atoms with Gasteiger partial charge in [0.1, 0.15) is 0 Å². The van der Waals surface area contributed by atoms with E-state index in [2.05, 4.69) is 16.5 Å². The van der Waals surface area contributed by atoms with Crippen LogP contribution >= 0.6 is 0 Å². The summed E-state index contributed by atoms with van der Waals surface area (Å²) >= 11 is 0. The van der Waals surface area contributed by atoms with Gasteiger partial charge in [0.25, 0.3) is 0 Å². The van der Waals surface area contributed by atoms with Crippen molar-refractivity contribution >= 4 is 15.7 Å². The summed E-state index contributed by atoms with van der Waals surface area (Å²) in [5, 5.41) is 0. The SMILES string of the molecule is CCc1ccc(S(=O)(=O)NCC2CCN(CC)C2)cc1N. The fourth-order valence-electron chi connectivity index (χ4n) is 2.74. The Bertz CT molecular complexity index is 587. The topological polar surface area (TPSA) is 75.4 Å². The Morgan fingerprint density at radius 3 is 2.71 bits per heavy atom. The molecular weight excluding hydrogens is 286 g/mol. The predicted molar refractivity (Wildman–Crippen MR) is 85.6 cm³/mol. The summed E-state index contributed by atoms with van der Waals surface area (Å²) in [5.41, 5.74) is 7.40. The summed E-state index contributed by atoms with van der Waals surface area (Å²) in [6, 6.07) is 4.97. The van der Waals surface area contributed by atoms with Crippen molar-refractivity contribution in [2.24, 2.45) is 5.92 Å². The molecule has 1 heterocycles. The second-order valence-electron chi connectivity index (χ2n) is 5.61. The van der Waals surface area contributed by atoms with Gasteiger partial charge in [0.2, 0.25) is 10.0 Å². The summed E-state index contributed by atoms with van der Waals surface area (Å²) in [6.45, 7) is 7.67. The highest BCUT2D eigenvalue weighted by molar-refractivity contribution is 7.89. The number of hydrogen-bond acceptors (Lipinski definition) is 4. The Balaban J connectivity index is 2.00. The van der Waals surface area contributed by atoms with Crippen molar-refractivity contribution in [1.82, 2.24) is 9.62 Å². The van der Waals surface area contributed by atoms with Crippen LogP contribution < -0.4 is 10.5 Å². The number of benzene rings is 1. The lowest BCUT2D eigenvalue weighted by molar-refractivity contribution is 0.342. The van der Waals surface area contributed by atoms with Crippen molar-refractivity contribution < 1.29 is 8.42 Å². The van der Waals surface area contributed by atoms with Crippen molar-refractivity contribution in [3.8, 4) is 0 Å². The third-order valence-electron chi connectivity index (χ3n) is 4.19. The van der Waals surface area contributed by atoms with Crippen LogP contribution in [0.1, 0.15) is 25.8 Å². The molecule has 0 aromatic heterocycles. The molecule has 1 unspecified atom stereocenters. The average molecular weight is 311 g/mol. The van der Waals surface area contributed by atoms with E-state index in [0.29, 0.717) is 18.2 Å². The van der Waals surface area contributed by atoms with Gasteiger partial charge in [0.15, 0.2) is 0 Å². The smallest absolute Gasteiger partial charge is 0.240 e. The van der Waals surface area contributed by atoms with Crippen molar-refractivity contribution in [2.45, 2.75) is 31.6 Å². The highest BCUT2D eigenvalue weighted by atomic mass is 32.2. The normalized spacial score (nSPS) is 20.0. The van der Waals surface area contributed by atoms with E-state index in [-0.39, 0.29) is 4.90 Å². The van der Waals surface area contributed by atoms with Crippen LogP contribution in [0.5, 0.6) is 0 Å². The Morgan fingerprint density at radius 2 is 2.14 bits per heavy atom. The van der Waals surface area contributed by atoms with E-state index >= 15 is 0 Å². The molecule has 0 amide bonds. The Hall–Kier alpha value is -1.11. The number of hydrogen-bond donors (Lipinski definition) is 2. The summed E-state index contributed by atoms with van der Waals surface area (Å²) in [6.07, 6.45) is 1.85. The third-order valence-corrected chi connectivity index (χ3v) is 5.61. The highest BCUT2D eigenvalue weighted by Crippen LogP contribution is 2.20. The average Bonchev–Trinajstić information content (AvgIpc) is 2.93. The first-order valence-corrected chi connectivity index (χ1v) is 9.05. The number of nitrogen functional groups attached to an aromatic ring is 1. The van der Waals surface area contributed by atoms with Gasteiger partial charge in [-0.1, -0.05) is 19.9 Å². The molecule has 0 radical (unpaired) electrons. The third kappa shape index (κ3) is 3.96. The number of anilines is 1. The van der Waals surface area contributed by atoms with E-state index in [1.165, 1.54) is 0 Å². The number of nitrogens with zero attached hydrogens (tertiary/aromatic N) is 1. The predicted octanol–water partition coefficient (Wildman–Crippen LogP) is 1.45. The molecule has 1 aromatic rings. The van der Waals surface area contributed by atoms with Crippen LogP contribution in [-0.4, -0.2) is 39.5 Å². The van der Waals surface area contributed by atoms with Crippen molar-refractivity contribution in [1.29, 1.82) is 0 Å². The van der Waals surface area contributed by atoms with Gasteiger partial charge in [-0.15, -0.1) is 0 Å². The standard InChI is InChI=1S/C15H25N3O2S/c1-3-13-5-6-14(9-15(13)16)21(19,20)17-10-12-7-8-18(4-2)11-12/h5-6,9,12,17H,3-4,7-8,10-11,16H2,1-2H3. The Morgan fingerprint density at radius 1 is 1.38 bits per heavy atom. The number of nitrogens with two attached hydrogens (primary N) is 1. The van der Waals surface area contributed by atoms with Gasteiger partial charge < -0.3 is 10.6 Å². The summed E-state index contributed by atoms with van der Waals surface area (Å²) in [7, 11) is -3.47.